The Hall–Kier alpha value is -2.47. The smallest absolute Gasteiger partial charge is 0.201 e. The summed E-state index contributed by atoms with van der Waals surface area (Å²) in [4.78, 5) is 0. The average molecular weight is 425 g/mol. The van der Waals surface area contributed by atoms with Crippen LogP contribution >= 0.6 is 27.7 Å². The Kier molecular flexibility index (Phi) is 4.13. The first-order valence-electron chi connectivity index (χ1n) is 6.84. The highest BCUT2D eigenvalue weighted by Gasteiger charge is 2.18. The number of hydrogen-bond donors (Lipinski definition) is 0. The van der Waals surface area contributed by atoms with Gasteiger partial charge in [0.25, 0.3) is 6.43 Å². The lowest BCUT2D eigenvalue weighted by atomic mass is 10.3. The van der Waals surface area contributed by atoms with Gasteiger partial charge in [0.1, 0.15) is 5.03 Å². The molecule has 1 aromatic carbocycles. The van der Waals surface area contributed by atoms with E-state index in [1.54, 1.807) is 12.1 Å². The van der Waals surface area contributed by atoms with E-state index in [-0.39, 0.29) is 5.65 Å². The molecule has 0 radical (unpaired) electrons. The van der Waals surface area contributed by atoms with E-state index in [1.807, 2.05) is 24.3 Å². The minimum atomic E-state index is -2.77. The van der Waals surface area contributed by atoms with Crippen LogP contribution in [0.3, 0.4) is 0 Å². The molecule has 0 unspecified atom stereocenters. The third kappa shape index (κ3) is 3.09. The van der Waals surface area contributed by atoms with Crippen molar-refractivity contribution in [1.82, 2.24) is 40.0 Å². The molecule has 0 aliphatic carbocycles. The normalized spacial score (nSPS) is 11.5. The predicted molar refractivity (Wildman–Crippen MR) is 86.7 cm³/mol. The Labute approximate surface area is 151 Å². The molecule has 126 valence electrons. The molecule has 0 fully saturated rings. The summed E-state index contributed by atoms with van der Waals surface area (Å²) in [6, 6.07) is 10.6. The summed E-state index contributed by atoms with van der Waals surface area (Å²) in [5.74, 6) is -0.509. The lowest BCUT2D eigenvalue weighted by Gasteiger charge is -2.04. The first kappa shape index (κ1) is 16.0. The number of fused-ring (bicyclic) bond motifs is 1. The van der Waals surface area contributed by atoms with Crippen LogP contribution in [-0.2, 0) is 0 Å². The fourth-order valence-electron chi connectivity index (χ4n) is 2.06. The molecule has 3 aromatic heterocycles. The fourth-order valence-corrected chi connectivity index (χ4v) is 3.08. The molecule has 0 spiro atoms. The minimum absolute atomic E-state index is 0.243. The zero-order chi connectivity index (χ0) is 17.4. The van der Waals surface area contributed by atoms with E-state index in [9.17, 15) is 8.78 Å². The minimum Gasteiger partial charge on any atom is -0.201 e. The van der Waals surface area contributed by atoms with Gasteiger partial charge < -0.3 is 0 Å². The maximum Gasteiger partial charge on any atom is 0.299 e. The van der Waals surface area contributed by atoms with Crippen molar-refractivity contribution in [2.75, 3.05) is 0 Å². The van der Waals surface area contributed by atoms with E-state index in [0.717, 1.165) is 26.4 Å². The number of aromatic nitrogens is 8. The van der Waals surface area contributed by atoms with Crippen LogP contribution in [0.5, 0.6) is 0 Å². The quantitative estimate of drug-likeness (QED) is 0.497. The van der Waals surface area contributed by atoms with Crippen LogP contribution in [0.15, 0.2) is 51.1 Å². The highest BCUT2D eigenvalue weighted by molar-refractivity contribution is 9.10. The Morgan fingerprint density at radius 1 is 1.00 bits per heavy atom. The van der Waals surface area contributed by atoms with E-state index < -0.39 is 12.2 Å². The van der Waals surface area contributed by atoms with Crippen molar-refractivity contribution in [2.45, 2.75) is 16.6 Å². The lowest BCUT2D eigenvalue weighted by Crippen LogP contribution is -2.02. The van der Waals surface area contributed by atoms with Gasteiger partial charge in [0.05, 0.1) is 5.69 Å². The number of rotatable bonds is 4. The van der Waals surface area contributed by atoms with Gasteiger partial charge in [-0.15, -0.1) is 15.3 Å². The number of nitrogens with zero attached hydrogens (tertiary/aromatic N) is 8. The van der Waals surface area contributed by atoms with Crippen molar-refractivity contribution >= 4 is 33.3 Å². The monoisotopic (exact) mass is 424 g/mol. The topological polar surface area (TPSA) is 86.7 Å². The van der Waals surface area contributed by atoms with Gasteiger partial charge in [-0.25, -0.2) is 8.78 Å². The van der Waals surface area contributed by atoms with E-state index in [4.69, 9.17) is 0 Å². The number of alkyl halides is 2. The van der Waals surface area contributed by atoms with Gasteiger partial charge in [0, 0.05) is 4.47 Å². The van der Waals surface area contributed by atoms with Crippen molar-refractivity contribution in [2.24, 2.45) is 0 Å². The van der Waals surface area contributed by atoms with Crippen LogP contribution in [0.4, 0.5) is 8.78 Å². The van der Waals surface area contributed by atoms with Crippen LogP contribution in [0.25, 0.3) is 11.3 Å². The Balaban J connectivity index is 1.69. The molecule has 8 nitrogen and oxygen atoms in total. The van der Waals surface area contributed by atoms with Crippen molar-refractivity contribution in [1.29, 1.82) is 0 Å². The first-order chi connectivity index (χ1) is 12.1. The molecule has 0 amide bonds. The Bertz CT molecular complexity index is 1030. The second-order valence-electron chi connectivity index (χ2n) is 4.75. The summed E-state index contributed by atoms with van der Waals surface area (Å²) < 4.78 is 29.4. The SMILES string of the molecule is FC(F)c1nnc2ccc(Sc3nnnn3-c3ccc(Br)cc3)nn12. The van der Waals surface area contributed by atoms with Gasteiger partial charge in [0.15, 0.2) is 5.65 Å². The molecule has 3 heterocycles. The van der Waals surface area contributed by atoms with Crippen molar-refractivity contribution in [3.05, 3.63) is 46.7 Å². The highest BCUT2D eigenvalue weighted by atomic mass is 79.9. The Morgan fingerprint density at radius 3 is 2.56 bits per heavy atom. The molecule has 0 saturated carbocycles. The highest BCUT2D eigenvalue weighted by Crippen LogP contribution is 2.26. The number of halogens is 3. The molecule has 4 aromatic rings. The zero-order valence-corrected chi connectivity index (χ0v) is 14.6. The van der Waals surface area contributed by atoms with Crippen LogP contribution < -0.4 is 0 Å². The number of benzene rings is 1. The molecule has 0 atom stereocenters. The van der Waals surface area contributed by atoms with Crippen molar-refractivity contribution < 1.29 is 8.78 Å². The van der Waals surface area contributed by atoms with Crippen molar-refractivity contribution in [3.63, 3.8) is 0 Å². The Morgan fingerprint density at radius 2 is 1.80 bits per heavy atom. The van der Waals surface area contributed by atoms with Crippen LogP contribution in [0.1, 0.15) is 12.2 Å². The van der Waals surface area contributed by atoms with Gasteiger partial charge in [-0.3, -0.25) is 0 Å². The van der Waals surface area contributed by atoms with Crippen LogP contribution in [0, 0.1) is 0 Å². The third-order valence-corrected chi connectivity index (χ3v) is 4.56. The number of hydrogen-bond acceptors (Lipinski definition) is 7. The second kappa shape index (κ2) is 6.44. The standard InChI is InChI=1S/C13H7BrF2N8S/c14-7-1-3-8(4-2-7)23-13(19-21-22-23)25-10-6-5-9-17-18-12(11(15)16)24(9)20-10/h1-6,11H. The molecule has 25 heavy (non-hydrogen) atoms. The third-order valence-electron chi connectivity index (χ3n) is 3.17. The maximum atomic E-state index is 12.9. The van der Waals surface area contributed by atoms with Gasteiger partial charge >= 0.3 is 0 Å². The van der Waals surface area contributed by atoms with Gasteiger partial charge in [-0.1, -0.05) is 15.9 Å². The summed E-state index contributed by atoms with van der Waals surface area (Å²) in [5.41, 5.74) is 1.00. The number of tetrazole rings is 1. The van der Waals surface area contributed by atoms with E-state index in [0.29, 0.717) is 10.2 Å². The summed E-state index contributed by atoms with van der Waals surface area (Å²) in [6.07, 6.45) is -2.77. The molecule has 0 bridgehead atoms. The first-order valence-corrected chi connectivity index (χ1v) is 8.45. The van der Waals surface area contributed by atoms with E-state index in [1.165, 1.54) is 4.68 Å². The molecule has 0 aliphatic heterocycles. The van der Waals surface area contributed by atoms with Crippen LogP contribution in [0.2, 0.25) is 0 Å². The van der Waals surface area contributed by atoms with Gasteiger partial charge in [-0.2, -0.15) is 14.3 Å². The van der Waals surface area contributed by atoms with Gasteiger partial charge in [0.2, 0.25) is 11.0 Å². The largest absolute Gasteiger partial charge is 0.299 e. The molecular weight excluding hydrogens is 418 g/mol. The van der Waals surface area contributed by atoms with Crippen LogP contribution in [-0.4, -0.2) is 40.0 Å². The second-order valence-corrected chi connectivity index (χ2v) is 6.66. The molecular formula is C13H7BrF2N8S. The molecule has 12 heteroatoms. The summed E-state index contributed by atoms with van der Waals surface area (Å²) in [6.45, 7) is 0. The summed E-state index contributed by atoms with van der Waals surface area (Å²) in [7, 11) is 0. The molecule has 0 N–H and O–H groups in total. The summed E-state index contributed by atoms with van der Waals surface area (Å²) >= 11 is 4.51. The summed E-state index contributed by atoms with van der Waals surface area (Å²) in [5, 5.41) is 23.7. The zero-order valence-electron chi connectivity index (χ0n) is 12.2. The lowest BCUT2D eigenvalue weighted by molar-refractivity contribution is 0.137. The van der Waals surface area contributed by atoms with Crippen molar-refractivity contribution in [3.8, 4) is 5.69 Å². The maximum absolute atomic E-state index is 12.9. The van der Waals surface area contributed by atoms with E-state index in [2.05, 4.69) is 46.8 Å². The average Bonchev–Trinajstić information content (AvgIpc) is 3.22. The molecule has 4 rings (SSSR count). The molecule has 0 saturated heterocycles. The van der Waals surface area contributed by atoms with E-state index >= 15 is 0 Å². The fraction of sp³-hybridized carbons (Fsp3) is 0.0769. The van der Waals surface area contributed by atoms with Gasteiger partial charge in [-0.05, 0) is 58.6 Å². The predicted octanol–water partition coefficient (Wildman–Crippen LogP) is 2.95. The molecule has 0 aliphatic rings.